The molecule has 1 unspecified atom stereocenters. The van der Waals surface area contributed by atoms with E-state index in [1.165, 1.54) is 21.3 Å². The molecular formula is C16H19Br2NS. The molecule has 0 saturated carbocycles. The van der Waals surface area contributed by atoms with Gasteiger partial charge in [-0.3, -0.25) is 0 Å². The van der Waals surface area contributed by atoms with Gasteiger partial charge in [0.1, 0.15) is 0 Å². The molecule has 0 aliphatic rings. The van der Waals surface area contributed by atoms with Crippen molar-refractivity contribution in [3.05, 3.63) is 55.1 Å². The molecule has 1 heterocycles. The van der Waals surface area contributed by atoms with Gasteiger partial charge in [0.05, 0.1) is 0 Å². The normalized spacial score (nSPS) is 12.6. The van der Waals surface area contributed by atoms with Crippen molar-refractivity contribution in [1.29, 1.82) is 0 Å². The summed E-state index contributed by atoms with van der Waals surface area (Å²) in [4.78, 5) is 1.43. The molecular weight excluding hydrogens is 398 g/mol. The first-order valence-electron chi connectivity index (χ1n) is 6.88. The van der Waals surface area contributed by atoms with Crippen molar-refractivity contribution in [3.8, 4) is 0 Å². The summed E-state index contributed by atoms with van der Waals surface area (Å²) >= 11 is 8.95. The van der Waals surface area contributed by atoms with Gasteiger partial charge in [-0.15, -0.1) is 11.3 Å². The first kappa shape index (κ1) is 16.2. The topological polar surface area (TPSA) is 12.0 Å². The van der Waals surface area contributed by atoms with Crippen LogP contribution in [0.2, 0.25) is 0 Å². The van der Waals surface area contributed by atoms with Crippen LogP contribution in [0.1, 0.15) is 29.7 Å². The maximum atomic E-state index is 3.58. The van der Waals surface area contributed by atoms with Crippen LogP contribution in [0.15, 0.2) is 44.7 Å². The molecule has 1 N–H and O–H groups in total. The van der Waals surface area contributed by atoms with Crippen molar-refractivity contribution < 1.29 is 0 Å². The molecule has 0 radical (unpaired) electrons. The minimum Gasteiger partial charge on any atom is -0.316 e. The van der Waals surface area contributed by atoms with E-state index in [9.17, 15) is 0 Å². The number of rotatable bonds is 7. The van der Waals surface area contributed by atoms with E-state index in [1.807, 2.05) is 11.3 Å². The third kappa shape index (κ3) is 4.99. The molecule has 1 nitrogen and oxygen atoms in total. The van der Waals surface area contributed by atoms with Gasteiger partial charge in [-0.1, -0.05) is 35.0 Å². The third-order valence-corrected chi connectivity index (χ3v) is 5.42. The smallest absolute Gasteiger partial charge is 0.0285 e. The van der Waals surface area contributed by atoms with Crippen molar-refractivity contribution in [3.63, 3.8) is 0 Å². The van der Waals surface area contributed by atoms with Gasteiger partial charge >= 0.3 is 0 Å². The van der Waals surface area contributed by atoms with Gasteiger partial charge in [0.25, 0.3) is 0 Å². The highest BCUT2D eigenvalue weighted by molar-refractivity contribution is 9.10. The van der Waals surface area contributed by atoms with E-state index in [1.54, 1.807) is 0 Å². The molecule has 2 aromatic rings. The zero-order valence-electron chi connectivity index (χ0n) is 11.5. The second-order valence-electron chi connectivity index (χ2n) is 4.89. The van der Waals surface area contributed by atoms with Crippen LogP contribution in [0.5, 0.6) is 0 Å². The van der Waals surface area contributed by atoms with Gasteiger partial charge in [-0.05, 0) is 59.1 Å². The Kier molecular flexibility index (Phi) is 6.75. The predicted molar refractivity (Wildman–Crippen MR) is 95.8 cm³/mol. The van der Waals surface area contributed by atoms with Crippen LogP contribution >= 0.6 is 43.2 Å². The minimum atomic E-state index is 0.518. The van der Waals surface area contributed by atoms with Crippen molar-refractivity contribution >= 4 is 43.2 Å². The molecule has 0 aliphatic carbocycles. The summed E-state index contributed by atoms with van der Waals surface area (Å²) in [6.45, 7) is 4.32. The standard InChI is InChI=1S/C16H19Br2NS/c1-2-6-19-10-13(8-16-9-15(18)11-20-16)12-4-3-5-14(17)7-12/h3-5,7,9,11,13,19H,2,6,8,10H2,1H3. The van der Waals surface area contributed by atoms with Gasteiger partial charge in [-0.2, -0.15) is 0 Å². The van der Waals surface area contributed by atoms with Crippen LogP contribution in [0.3, 0.4) is 0 Å². The molecule has 0 saturated heterocycles. The summed E-state index contributed by atoms with van der Waals surface area (Å²) in [5.74, 6) is 0.518. The molecule has 1 aromatic carbocycles. The van der Waals surface area contributed by atoms with E-state index in [2.05, 4.69) is 79.8 Å². The van der Waals surface area contributed by atoms with Crippen molar-refractivity contribution in [2.75, 3.05) is 13.1 Å². The van der Waals surface area contributed by atoms with E-state index in [4.69, 9.17) is 0 Å². The average Bonchev–Trinajstić information content (AvgIpc) is 2.83. The Labute approximate surface area is 142 Å². The molecule has 108 valence electrons. The molecule has 0 bridgehead atoms. The van der Waals surface area contributed by atoms with Gasteiger partial charge in [-0.25, -0.2) is 0 Å². The summed E-state index contributed by atoms with van der Waals surface area (Å²) < 4.78 is 2.34. The number of halogens is 2. The lowest BCUT2D eigenvalue weighted by atomic mass is 9.95. The van der Waals surface area contributed by atoms with Gasteiger partial charge < -0.3 is 5.32 Å². The molecule has 20 heavy (non-hydrogen) atoms. The highest BCUT2D eigenvalue weighted by atomic mass is 79.9. The number of nitrogens with one attached hydrogen (secondary N) is 1. The zero-order chi connectivity index (χ0) is 14.4. The number of hydrogen-bond acceptors (Lipinski definition) is 2. The lowest BCUT2D eigenvalue weighted by molar-refractivity contribution is 0.579. The van der Waals surface area contributed by atoms with Crippen LogP contribution in [0.25, 0.3) is 0 Å². The SMILES string of the molecule is CCCNCC(Cc1cc(Br)cs1)c1cccc(Br)c1. The molecule has 0 fully saturated rings. The molecule has 4 heteroatoms. The van der Waals surface area contributed by atoms with Crippen LogP contribution < -0.4 is 5.32 Å². The van der Waals surface area contributed by atoms with Crippen LogP contribution in [0, 0.1) is 0 Å². The Balaban J connectivity index is 2.11. The van der Waals surface area contributed by atoms with Crippen LogP contribution in [0.4, 0.5) is 0 Å². The Morgan fingerprint density at radius 3 is 2.70 bits per heavy atom. The zero-order valence-corrected chi connectivity index (χ0v) is 15.5. The van der Waals surface area contributed by atoms with E-state index < -0.39 is 0 Å². The Hall–Kier alpha value is -0.160. The highest BCUT2D eigenvalue weighted by Gasteiger charge is 2.13. The molecule has 1 aromatic heterocycles. The molecule has 0 aliphatic heterocycles. The Morgan fingerprint density at radius 1 is 1.20 bits per heavy atom. The average molecular weight is 417 g/mol. The first-order valence-corrected chi connectivity index (χ1v) is 9.34. The van der Waals surface area contributed by atoms with E-state index in [0.717, 1.165) is 24.0 Å². The van der Waals surface area contributed by atoms with Crippen LogP contribution in [-0.4, -0.2) is 13.1 Å². The van der Waals surface area contributed by atoms with E-state index in [0.29, 0.717) is 5.92 Å². The summed E-state index contributed by atoms with van der Waals surface area (Å²) in [5.41, 5.74) is 1.40. The summed E-state index contributed by atoms with van der Waals surface area (Å²) in [6, 6.07) is 10.9. The number of hydrogen-bond donors (Lipinski definition) is 1. The fraction of sp³-hybridized carbons (Fsp3) is 0.375. The third-order valence-electron chi connectivity index (χ3n) is 3.21. The molecule has 0 amide bonds. The highest BCUT2D eigenvalue weighted by Crippen LogP contribution is 2.28. The van der Waals surface area contributed by atoms with Gasteiger partial charge in [0.15, 0.2) is 0 Å². The van der Waals surface area contributed by atoms with Crippen molar-refractivity contribution in [1.82, 2.24) is 5.32 Å². The van der Waals surface area contributed by atoms with E-state index in [-0.39, 0.29) is 0 Å². The summed E-state index contributed by atoms with van der Waals surface area (Å²) in [5, 5.41) is 5.72. The fourth-order valence-electron chi connectivity index (χ4n) is 2.23. The van der Waals surface area contributed by atoms with Crippen molar-refractivity contribution in [2.45, 2.75) is 25.7 Å². The van der Waals surface area contributed by atoms with Gasteiger partial charge in [0, 0.05) is 31.7 Å². The lowest BCUT2D eigenvalue weighted by Crippen LogP contribution is -2.23. The number of benzene rings is 1. The van der Waals surface area contributed by atoms with Crippen LogP contribution in [-0.2, 0) is 6.42 Å². The fourth-order valence-corrected chi connectivity index (χ4v) is 4.17. The molecule has 2 rings (SSSR count). The Bertz CT molecular complexity index is 539. The quantitative estimate of drug-likeness (QED) is 0.579. The minimum absolute atomic E-state index is 0.518. The maximum Gasteiger partial charge on any atom is 0.0285 e. The predicted octanol–water partition coefficient (Wildman–Crippen LogP) is 5.60. The monoisotopic (exact) mass is 415 g/mol. The Morgan fingerprint density at radius 2 is 2.05 bits per heavy atom. The molecule has 1 atom stereocenters. The first-order chi connectivity index (χ1) is 9.69. The molecule has 0 spiro atoms. The van der Waals surface area contributed by atoms with Crippen molar-refractivity contribution in [2.24, 2.45) is 0 Å². The number of thiophene rings is 1. The summed E-state index contributed by atoms with van der Waals surface area (Å²) in [7, 11) is 0. The van der Waals surface area contributed by atoms with Gasteiger partial charge in [0.2, 0.25) is 0 Å². The summed E-state index contributed by atoms with van der Waals surface area (Å²) in [6.07, 6.45) is 2.26. The maximum absolute atomic E-state index is 3.58. The lowest BCUT2D eigenvalue weighted by Gasteiger charge is -2.18. The second-order valence-corrected chi connectivity index (χ2v) is 7.72. The largest absolute Gasteiger partial charge is 0.316 e. The van der Waals surface area contributed by atoms with E-state index >= 15 is 0 Å². The second kappa shape index (κ2) is 8.32.